The number of benzene rings is 1. The Hall–Kier alpha value is -2.56. The smallest absolute Gasteiger partial charge is 0.289 e. The molecule has 23 heavy (non-hydrogen) atoms. The van der Waals surface area contributed by atoms with Gasteiger partial charge in [0.1, 0.15) is 23.9 Å². The fourth-order valence-corrected chi connectivity index (χ4v) is 2.06. The Balaban J connectivity index is 1.98. The minimum absolute atomic E-state index is 0.172. The number of amides is 1. The third-order valence-corrected chi connectivity index (χ3v) is 3.20. The lowest BCUT2D eigenvalue weighted by atomic mass is 10.3. The average molecular weight is 317 g/mol. The molecule has 0 spiro atoms. The summed E-state index contributed by atoms with van der Waals surface area (Å²) in [6, 6.07) is 9.05. The van der Waals surface area contributed by atoms with Gasteiger partial charge in [0.15, 0.2) is 5.76 Å². The second kappa shape index (κ2) is 7.63. The monoisotopic (exact) mass is 317 g/mol. The van der Waals surface area contributed by atoms with Gasteiger partial charge in [0.25, 0.3) is 5.91 Å². The number of nitrogens with zero attached hydrogens (tertiary/aromatic N) is 1. The SMILES string of the molecule is C=C(C)CN(CC)C(=O)c1ccc(COc2ccc(F)cc2)o1. The van der Waals surface area contributed by atoms with Gasteiger partial charge in [-0.1, -0.05) is 12.2 Å². The minimum Gasteiger partial charge on any atom is -0.486 e. The highest BCUT2D eigenvalue weighted by molar-refractivity contribution is 5.91. The molecule has 2 aromatic rings. The van der Waals surface area contributed by atoms with Crippen LogP contribution >= 0.6 is 0 Å². The first-order valence-corrected chi connectivity index (χ1v) is 7.40. The number of carbonyl (C=O) groups is 1. The van der Waals surface area contributed by atoms with E-state index < -0.39 is 0 Å². The number of ether oxygens (including phenoxy) is 1. The maximum Gasteiger partial charge on any atom is 0.289 e. The van der Waals surface area contributed by atoms with Gasteiger partial charge in [-0.3, -0.25) is 4.79 Å². The summed E-state index contributed by atoms with van der Waals surface area (Å²) in [5.41, 5.74) is 0.909. The molecular formula is C18H20FNO3. The highest BCUT2D eigenvalue weighted by atomic mass is 19.1. The lowest BCUT2D eigenvalue weighted by Crippen LogP contribution is -2.31. The van der Waals surface area contributed by atoms with E-state index in [0.717, 1.165) is 5.57 Å². The van der Waals surface area contributed by atoms with Crippen LogP contribution in [-0.4, -0.2) is 23.9 Å². The van der Waals surface area contributed by atoms with E-state index in [9.17, 15) is 9.18 Å². The molecule has 0 N–H and O–H groups in total. The molecule has 0 aliphatic carbocycles. The Bertz CT molecular complexity index is 676. The lowest BCUT2D eigenvalue weighted by molar-refractivity contribution is 0.0742. The Morgan fingerprint density at radius 1 is 1.26 bits per heavy atom. The van der Waals surface area contributed by atoms with Crippen LogP contribution in [0.4, 0.5) is 4.39 Å². The maximum atomic E-state index is 12.8. The fourth-order valence-electron chi connectivity index (χ4n) is 2.06. The molecule has 0 unspecified atom stereocenters. The molecule has 0 saturated heterocycles. The van der Waals surface area contributed by atoms with Gasteiger partial charge in [0, 0.05) is 13.1 Å². The Morgan fingerprint density at radius 3 is 2.57 bits per heavy atom. The largest absolute Gasteiger partial charge is 0.486 e. The van der Waals surface area contributed by atoms with E-state index in [0.29, 0.717) is 24.6 Å². The van der Waals surface area contributed by atoms with Gasteiger partial charge in [-0.25, -0.2) is 4.39 Å². The fraction of sp³-hybridized carbons (Fsp3) is 0.278. The summed E-state index contributed by atoms with van der Waals surface area (Å²) < 4.78 is 23.8. The molecule has 0 bridgehead atoms. The van der Waals surface area contributed by atoms with Crippen LogP contribution in [0, 0.1) is 5.82 Å². The van der Waals surface area contributed by atoms with Gasteiger partial charge in [0.2, 0.25) is 0 Å². The van der Waals surface area contributed by atoms with Gasteiger partial charge in [0.05, 0.1) is 0 Å². The van der Waals surface area contributed by atoms with Crippen molar-refractivity contribution in [1.82, 2.24) is 4.90 Å². The highest BCUT2D eigenvalue weighted by Gasteiger charge is 2.18. The van der Waals surface area contributed by atoms with Crippen LogP contribution in [0.5, 0.6) is 5.75 Å². The van der Waals surface area contributed by atoms with Crippen molar-refractivity contribution in [3.05, 3.63) is 65.9 Å². The highest BCUT2D eigenvalue weighted by Crippen LogP contribution is 2.16. The Labute approximate surface area is 135 Å². The lowest BCUT2D eigenvalue weighted by Gasteiger charge is -2.19. The molecule has 0 radical (unpaired) electrons. The molecule has 1 heterocycles. The molecule has 0 aliphatic rings. The number of halogens is 1. The van der Waals surface area contributed by atoms with Crippen molar-refractivity contribution in [3.8, 4) is 5.75 Å². The predicted molar refractivity (Wildman–Crippen MR) is 85.8 cm³/mol. The van der Waals surface area contributed by atoms with E-state index in [1.165, 1.54) is 24.3 Å². The van der Waals surface area contributed by atoms with E-state index in [-0.39, 0.29) is 24.1 Å². The van der Waals surface area contributed by atoms with E-state index in [1.54, 1.807) is 17.0 Å². The standard InChI is InChI=1S/C18H20FNO3/c1-4-20(11-13(2)3)18(21)17-10-9-16(23-17)12-22-15-7-5-14(19)6-8-15/h5-10H,2,4,11-12H2,1,3H3. The van der Waals surface area contributed by atoms with Gasteiger partial charge in [-0.05, 0) is 50.2 Å². The van der Waals surface area contributed by atoms with E-state index in [4.69, 9.17) is 9.15 Å². The molecule has 122 valence electrons. The summed E-state index contributed by atoms with van der Waals surface area (Å²) in [6.45, 7) is 8.85. The molecule has 1 aromatic carbocycles. The normalized spacial score (nSPS) is 10.4. The van der Waals surface area contributed by atoms with Crippen molar-refractivity contribution < 1.29 is 18.3 Å². The summed E-state index contributed by atoms with van der Waals surface area (Å²) >= 11 is 0. The van der Waals surface area contributed by atoms with Crippen molar-refractivity contribution in [2.45, 2.75) is 20.5 Å². The quantitative estimate of drug-likeness (QED) is 0.724. The molecular weight excluding hydrogens is 297 g/mol. The maximum absolute atomic E-state index is 12.8. The van der Waals surface area contributed by atoms with Gasteiger partial charge < -0.3 is 14.1 Å². The van der Waals surface area contributed by atoms with Crippen LogP contribution < -0.4 is 4.74 Å². The molecule has 2 rings (SSSR count). The van der Waals surface area contributed by atoms with Crippen molar-refractivity contribution in [2.24, 2.45) is 0 Å². The van der Waals surface area contributed by atoms with Crippen molar-refractivity contribution in [2.75, 3.05) is 13.1 Å². The average Bonchev–Trinajstić information content (AvgIpc) is 3.00. The zero-order valence-electron chi connectivity index (χ0n) is 13.3. The number of hydrogen-bond donors (Lipinski definition) is 0. The van der Waals surface area contributed by atoms with Crippen LogP contribution in [0.15, 0.2) is 53.0 Å². The van der Waals surface area contributed by atoms with Crippen LogP contribution in [0.25, 0.3) is 0 Å². The van der Waals surface area contributed by atoms with Gasteiger partial charge >= 0.3 is 0 Å². The summed E-state index contributed by atoms with van der Waals surface area (Å²) in [5, 5.41) is 0. The molecule has 5 heteroatoms. The molecule has 0 atom stereocenters. The number of likely N-dealkylation sites (N-methyl/N-ethyl adjacent to an activating group) is 1. The van der Waals surface area contributed by atoms with Crippen molar-refractivity contribution in [1.29, 1.82) is 0 Å². The second-order valence-corrected chi connectivity index (χ2v) is 5.28. The summed E-state index contributed by atoms with van der Waals surface area (Å²) in [5.74, 6) is 0.840. The third-order valence-electron chi connectivity index (χ3n) is 3.20. The molecule has 4 nitrogen and oxygen atoms in total. The second-order valence-electron chi connectivity index (χ2n) is 5.28. The molecule has 0 saturated carbocycles. The summed E-state index contributed by atoms with van der Waals surface area (Å²) in [4.78, 5) is 14.0. The number of rotatable bonds is 7. The first-order valence-electron chi connectivity index (χ1n) is 7.40. The Kier molecular flexibility index (Phi) is 5.57. The first kappa shape index (κ1) is 16.8. The first-order chi connectivity index (χ1) is 11.0. The van der Waals surface area contributed by atoms with Gasteiger partial charge in [-0.15, -0.1) is 0 Å². The minimum atomic E-state index is -0.319. The Morgan fingerprint density at radius 2 is 1.96 bits per heavy atom. The van der Waals surface area contributed by atoms with Crippen LogP contribution in [0.1, 0.15) is 30.2 Å². The van der Waals surface area contributed by atoms with E-state index in [1.807, 2.05) is 13.8 Å². The molecule has 0 aliphatic heterocycles. The molecule has 0 fully saturated rings. The van der Waals surface area contributed by atoms with Gasteiger partial charge in [-0.2, -0.15) is 0 Å². The van der Waals surface area contributed by atoms with Crippen LogP contribution in [0.2, 0.25) is 0 Å². The number of furan rings is 1. The van der Waals surface area contributed by atoms with Crippen molar-refractivity contribution in [3.63, 3.8) is 0 Å². The van der Waals surface area contributed by atoms with Crippen LogP contribution in [0.3, 0.4) is 0 Å². The zero-order chi connectivity index (χ0) is 16.8. The molecule has 1 amide bonds. The number of hydrogen-bond acceptors (Lipinski definition) is 3. The topological polar surface area (TPSA) is 42.7 Å². The van der Waals surface area contributed by atoms with Crippen molar-refractivity contribution >= 4 is 5.91 Å². The number of carbonyl (C=O) groups excluding carboxylic acids is 1. The molecule has 1 aromatic heterocycles. The summed E-state index contributed by atoms with van der Waals surface area (Å²) in [7, 11) is 0. The van der Waals surface area contributed by atoms with Crippen LogP contribution in [-0.2, 0) is 6.61 Å². The zero-order valence-corrected chi connectivity index (χ0v) is 13.3. The van der Waals surface area contributed by atoms with E-state index >= 15 is 0 Å². The van der Waals surface area contributed by atoms with E-state index in [2.05, 4.69) is 6.58 Å². The predicted octanol–water partition coefficient (Wildman–Crippen LogP) is 4.04. The third kappa shape index (κ3) is 4.71. The summed E-state index contributed by atoms with van der Waals surface area (Å²) in [6.07, 6.45) is 0.